The molecule has 0 amide bonds. The van der Waals surface area contributed by atoms with Gasteiger partial charge in [-0.15, -0.1) is 0 Å². The summed E-state index contributed by atoms with van der Waals surface area (Å²) in [6, 6.07) is 8.71. The summed E-state index contributed by atoms with van der Waals surface area (Å²) < 4.78 is 29.9. The molecule has 2 atom stereocenters. The normalized spacial score (nSPS) is 19.9. The minimum Gasteiger partial charge on any atom is -0.467 e. The number of hydrogen-bond acceptors (Lipinski definition) is 5. The zero-order chi connectivity index (χ0) is 17.6. The summed E-state index contributed by atoms with van der Waals surface area (Å²) in [7, 11) is 0. The van der Waals surface area contributed by atoms with Crippen LogP contribution in [0.1, 0.15) is 23.0 Å². The molecular weight excluding hydrogens is 325 g/mol. The van der Waals surface area contributed by atoms with Crippen molar-refractivity contribution in [3.8, 4) is 0 Å². The third kappa shape index (κ3) is 5.12. The van der Waals surface area contributed by atoms with Crippen molar-refractivity contribution >= 4 is 0 Å². The minimum absolute atomic E-state index is 0.107. The summed E-state index contributed by atoms with van der Waals surface area (Å²) in [4.78, 5) is 2.15. The molecule has 2 heterocycles. The predicted molar refractivity (Wildman–Crippen MR) is 90.6 cm³/mol. The molecule has 1 aliphatic heterocycles. The zero-order valence-electron chi connectivity index (χ0n) is 14.4. The highest BCUT2D eigenvalue weighted by molar-refractivity contribution is 5.26. The van der Waals surface area contributed by atoms with Gasteiger partial charge in [0.1, 0.15) is 18.2 Å². The molecule has 1 aromatic carbocycles. The lowest BCUT2D eigenvalue weighted by Crippen LogP contribution is -2.43. The lowest BCUT2D eigenvalue weighted by atomic mass is 10.0. The van der Waals surface area contributed by atoms with Crippen LogP contribution in [0.4, 0.5) is 4.39 Å². The number of hydrogen-bond donors (Lipinski definition) is 1. The Morgan fingerprint density at radius 2 is 2.28 bits per heavy atom. The second kappa shape index (κ2) is 8.58. The first kappa shape index (κ1) is 18.1. The van der Waals surface area contributed by atoms with Gasteiger partial charge in [-0.3, -0.25) is 4.90 Å². The van der Waals surface area contributed by atoms with E-state index in [0.29, 0.717) is 31.9 Å². The molecule has 0 bridgehead atoms. The highest BCUT2D eigenvalue weighted by Gasteiger charge is 2.24. The van der Waals surface area contributed by atoms with Gasteiger partial charge in [0.2, 0.25) is 0 Å². The van der Waals surface area contributed by atoms with Crippen LogP contribution >= 0.6 is 0 Å². The highest BCUT2D eigenvalue weighted by atomic mass is 19.1. The van der Waals surface area contributed by atoms with Crippen LogP contribution in [0.2, 0.25) is 0 Å². The van der Waals surface area contributed by atoms with Crippen LogP contribution in [-0.4, -0.2) is 49.0 Å². The quantitative estimate of drug-likeness (QED) is 0.833. The van der Waals surface area contributed by atoms with Gasteiger partial charge < -0.3 is 19.0 Å². The molecule has 0 saturated carbocycles. The number of ether oxygens (including phenoxy) is 2. The molecule has 0 aliphatic carbocycles. The van der Waals surface area contributed by atoms with E-state index in [2.05, 4.69) is 4.90 Å². The zero-order valence-corrected chi connectivity index (χ0v) is 14.4. The van der Waals surface area contributed by atoms with E-state index in [-0.39, 0.29) is 18.5 Å². The predicted octanol–water partition coefficient (Wildman–Crippen LogP) is 2.68. The molecule has 2 aromatic rings. The molecule has 136 valence electrons. The van der Waals surface area contributed by atoms with E-state index in [1.54, 1.807) is 25.3 Å². The van der Waals surface area contributed by atoms with Crippen molar-refractivity contribution in [3.05, 3.63) is 59.3 Å². The van der Waals surface area contributed by atoms with Gasteiger partial charge >= 0.3 is 0 Å². The third-order valence-corrected chi connectivity index (χ3v) is 4.31. The molecule has 1 N–H and O–H groups in total. The van der Waals surface area contributed by atoms with Crippen molar-refractivity contribution in [2.24, 2.45) is 0 Å². The lowest BCUT2D eigenvalue weighted by molar-refractivity contribution is -0.0544. The Morgan fingerprint density at radius 1 is 1.40 bits per heavy atom. The Kier molecular flexibility index (Phi) is 6.20. The Morgan fingerprint density at radius 3 is 3.04 bits per heavy atom. The summed E-state index contributed by atoms with van der Waals surface area (Å²) in [6.45, 7) is 4.87. The van der Waals surface area contributed by atoms with Gasteiger partial charge in [-0.25, -0.2) is 4.39 Å². The van der Waals surface area contributed by atoms with Crippen molar-refractivity contribution in [3.63, 3.8) is 0 Å². The van der Waals surface area contributed by atoms with Crippen LogP contribution in [0.5, 0.6) is 0 Å². The minimum atomic E-state index is -0.580. The Bertz CT molecular complexity index is 661. The fraction of sp³-hybridized carbons (Fsp3) is 0.474. The van der Waals surface area contributed by atoms with Crippen LogP contribution in [0.25, 0.3) is 0 Å². The monoisotopic (exact) mass is 349 g/mol. The third-order valence-electron chi connectivity index (χ3n) is 4.31. The number of furan rings is 1. The summed E-state index contributed by atoms with van der Waals surface area (Å²) in [5, 5.41) is 10.2. The van der Waals surface area contributed by atoms with E-state index in [4.69, 9.17) is 13.9 Å². The molecule has 1 aromatic heterocycles. The van der Waals surface area contributed by atoms with Crippen molar-refractivity contribution in [2.75, 3.05) is 32.8 Å². The molecular formula is C19H24FNO4. The number of rotatable bonds is 7. The van der Waals surface area contributed by atoms with E-state index in [1.165, 1.54) is 6.07 Å². The van der Waals surface area contributed by atoms with Crippen molar-refractivity contribution in [1.82, 2.24) is 4.90 Å². The topological polar surface area (TPSA) is 55.1 Å². The number of nitrogens with zero attached hydrogens (tertiary/aromatic N) is 1. The van der Waals surface area contributed by atoms with E-state index >= 15 is 0 Å². The maximum Gasteiger partial charge on any atom is 0.129 e. The highest BCUT2D eigenvalue weighted by Crippen LogP contribution is 2.24. The van der Waals surface area contributed by atoms with Gasteiger partial charge in [-0.2, -0.15) is 0 Å². The molecule has 0 spiro atoms. The van der Waals surface area contributed by atoms with Gasteiger partial charge in [0.15, 0.2) is 0 Å². The molecule has 6 heteroatoms. The van der Waals surface area contributed by atoms with Crippen molar-refractivity contribution in [2.45, 2.75) is 25.7 Å². The first-order chi connectivity index (χ1) is 12.1. The first-order valence-corrected chi connectivity index (χ1v) is 8.50. The van der Waals surface area contributed by atoms with Crippen LogP contribution in [0.15, 0.2) is 41.0 Å². The number of aryl methyl sites for hydroxylation is 1. The van der Waals surface area contributed by atoms with Crippen molar-refractivity contribution in [1.29, 1.82) is 0 Å². The number of β-amino-alcohol motifs (C(OH)–C–C–N with tert-alkyl or cyclic N) is 1. The SMILES string of the molecule is Cc1cc(C2CN(CC(O)COCc3ccco3)CCO2)ccc1F. The van der Waals surface area contributed by atoms with E-state index < -0.39 is 6.10 Å². The smallest absolute Gasteiger partial charge is 0.129 e. The van der Waals surface area contributed by atoms with E-state index in [9.17, 15) is 9.50 Å². The number of benzene rings is 1. The maximum atomic E-state index is 13.4. The maximum absolute atomic E-state index is 13.4. The van der Waals surface area contributed by atoms with E-state index in [1.807, 2.05) is 12.1 Å². The lowest BCUT2D eigenvalue weighted by Gasteiger charge is -2.34. The molecule has 25 heavy (non-hydrogen) atoms. The fourth-order valence-electron chi connectivity index (χ4n) is 2.98. The van der Waals surface area contributed by atoms with Gasteiger partial charge in [-0.05, 0) is 36.2 Å². The van der Waals surface area contributed by atoms with Crippen LogP contribution in [0, 0.1) is 12.7 Å². The average molecular weight is 349 g/mol. The van der Waals surface area contributed by atoms with Gasteiger partial charge in [0, 0.05) is 19.6 Å². The molecule has 2 unspecified atom stereocenters. The molecule has 3 rings (SSSR count). The number of aliphatic hydroxyl groups is 1. The number of morpholine rings is 1. The average Bonchev–Trinajstić information content (AvgIpc) is 3.11. The molecule has 1 aliphatic rings. The second-order valence-electron chi connectivity index (χ2n) is 6.38. The van der Waals surface area contributed by atoms with Crippen LogP contribution in [0.3, 0.4) is 0 Å². The number of halogens is 1. The van der Waals surface area contributed by atoms with Gasteiger partial charge in [-0.1, -0.05) is 12.1 Å². The van der Waals surface area contributed by atoms with Crippen LogP contribution < -0.4 is 0 Å². The summed E-state index contributed by atoms with van der Waals surface area (Å²) >= 11 is 0. The largest absolute Gasteiger partial charge is 0.467 e. The summed E-state index contributed by atoms with van der Waals surface area (Å²) in [5.74, 6) is 0.533. The second-order valence-corrected chi connectivity index (χ2v) is 6.38. The molecule has 5 nitrogen and oxygen atoms in total. The molecule has 1 saturated heterocycles. The summed E-state index contributed by atoms with van der Waals surface area (Å²) in [6.07, 6.45) is 0.910. The molecule has 0 radical (unpaired) electrons. The van der Waals surface area contributed by atoms with E-state index in [0.717, 1.165) is 17.9 Å². The van der Waals surface area contributed by atoms with Gasteiger partial charge in [0.05, 0.1) is 31.7 Å². The standard InChI is InChI=1S/C19H24FNO4/c1-14-9-15(4-5-18(14)20)19-11-21(6-8-25-19)10-16(22)12-23-13-17-3-2-7-24-17/h2-5,7,9,16,19,22H,6,8,10-13H2,1H3. The van der Waals surface area contributed by atoms with Crippen LogP contribution in [-0.2, 0) is 16.1 Å². The van der Waals surface area contributed by atoms with Crippen molar-refractivity contribution < 1.29 is 23.4 Å². The fourth-order valence-corrected chi connectivity index (χ4v) is 2.98. The Balaban J connectivity index is 1.46. The Hall–Kier alpha value is -1.73. The number of aliphatic hydroxyl groups excluding tert-OH is 1. The first-order valence-electron chi connectivity index (χ1n) is 8.50. The molecule has 1 fully saturated rings. The van der Waals surface area contributed by atoms with Gasteiger partial charge in [0.25, 0.3) is 0 Å². The Labute approximate surface area is 147 Å². The summed E-state index contributed by atoms with van der Waals surface area (Å²) in [5.41, 5.74) is 1.58.